The first-order chi connectivity index (χ1) is 13.8. The molecule has 2 N–H and O–H groups in total. The number of nitrogens with zero attached hydrogens (tertiary/aromatic N) is 3. The molecule has 2 aliphatic rings. The number of rotatable bonds is 3. The molecule has 2 aromatic heterocycles. The number of aryl methyl sites for hydroxylation is 2. The minimum atomic E-state index is -0.152. The van der Waals surface area contributed by atoms with E-state index in [1.54, 1.807) is 4.57 Å². The molecule has 2 fully saturated rings. The normalized spacial score (nSPS) is 28.0. The second-order valence-electron chi connectivity index (χ2n) is 8.90. The van der Waals surface area contributed by atoms with Crippen molar-refractivity contribution in [2.75, 3.05) is 20.3 Å². The van der Waals surface area contributed by atoms with Crippen molar-refractivity contribution < 1.29 is 4.79 Å². The van der Waals surface area contributed by atoms with Gasteiger partial charge in [0.1, 0.15) is 6.04 Å². The van der Waals surface area contributed by atoms with Crippen LogP contribution in [0.1, 0.15) is 43.4 Å². The van der Waals surface area contributed by atoms with Crippen LogP contribution < -0.4 is 16.2 Å². The first-order valence-electron chi connectivity index (χ1n) is 10.5. The van der Waals surface area contributed by atoms with Crippen LogP contribution in [-0.4, -0.2) is 52.7 Å². The van der Waals surface area contributed by atoms with Gasteiger partial charge >= 0.3 is 0 Å². The topological polar surface area (TPSA) is 79.3 Å². The molecule has 7 heteroatoms. The number of carbonyl (C=O) groups is 1. The van der Waals surface area contributed by atoms with Crippen molar-refractivity contribution in [1.82, 2.24) is 25.1 Å². The summed E-state index contributed by atoms with van der Waals surface area (Å²) in [5.41, 5.74) is 2.72. The number of pyridine rings is 2. The molecular weight excluding hydrogens is 366 g/mol. The highest BCUT2D eigenvalue weighted by atomic mass is 16.2. The van der Waals surface area contributed by atoms with E-state index in [0.717, 1.165) is 54.6 Å². The van der Waals surface area contributed by atoms with Crippen molar-refractivity contribution in [1.29, 1.82) is 0 Å². The Kier molecular flexibility index (Phi) is 5.44. The van der Waals surface area contributed by atoms with Gasteiger partial charge < -0.3 is 9.88 Å². The van der Waals surface area contributed by atoms with E-state index in [1.165, 1.54) is 0 Å². The molecule has 0 aromatic carbocycles. The van der Waals surface area contributed by atoms with Crippen LogP contribution in [0.2, 0.25) is 0 Å². The summed E-state index contributed by atoms with van der Waals surface area (Å²) < 4.78 is 1.74. The monoisotopic (exact) mass is 397 g/mol. The Morgan fingerprint density at radius 1 is 1.28 bits per heavy atom. The summed E-state index contributed by atoms with van der Waals surface area (Å²) in [7, 11) is 3.84. The molecule has 0 radical (unpaired) electrons. The Bertz CT molecular complexity index is 985. The third-order valence-corrected chi connectivity index (χ3v) is 6.63. The summed E-state index contributed by atoms with van der Waals surface area (Å²) in [6, 6.07) is 3.93. The van der Waals surface area contributed by atoms with Crippen molar-refractivity contribution >= 4 is 16.8 Å². The van der Waals surface area contributed by atoms with E-state index in [9.17, 15) is 9.59 Å². The Morgan fingerprint density at radius 3 is 2.79 bits per heavy atom. The summed E-state index contributed by atoms with van der Waals surface area (Å²) in [4.78, 5) is 32.3. The lowest BCUT2D eigenvalue weighted by molar-refractivity contribution is -0.123. The van der Waals surface area contributed by atoms with Crippen LogP contribution in [-0.2, 0) is 11.8 Å². The number of aromatic nitrogens is 2. The molecule has 7 nitrogen and oxygen atoms in total. The lowest BCUT2D eigenvalue weighted by Crippen LogP contribution is -2.48. The number of nitrogens with one attached hydrogen (secondary N) is 2. The maximum atomic E-state index is 13.2. The van der Waals surface area contributed by atoms with Gasteiger partial charge in [0.15, 0.2) is 0 Å². The maximum absolute atomic E-state index is 13.2. The molecule has 3 heterocycles. The summed E-state index contributed by atoms with van der Waals surface area (Å²) in [6.45, 7) is 5.62. The molecule has 1 saturated carbocycles. The fourth-order valence-electron chi connectivity index (χ4n) is 4.83. The molecule has 2 aromatic rings. The highest BCUT2D eigenvalue weighted by molar-refractivity contribution is 5.82. The number of likely N-dealkylation sites (N-methyl/N-ethyl adjacent to an activating group) is 1. The number of fused-ring (bicyclic) bond motifs is 1. The molecule has 0 bridgehead atoms. The van der Waals surface area contributed by atoms with Crippen LogP contribution in [0.3, 0.4) is 0 Å². The molecule has 4 atom stereocenters. The van der Waals surface area contributed by atoms with Gasteiger partial charge in [-0.05, 0) is 57.2 Å². The SMILES string of the molecule is Cc1cc2c(cn1)cc(C1CC(NC(=O)C3CN(C)CN3)CCC1C)c(=O)n2C. The van der Waals surface area contributed by atoms with Gasteiger partial charge in [0.25, 0.3) is 5.56 Å². The Balaban J connectivity index is 1.57. The zero-order valence-electron chi connectivity index (χ0n) is 17.7. The fraction of sp³-hybridized carbons (Fsp3) is 0.591. The van der Waals surface area contributed by atoms with E-state index in [2.05, 4.69) is 27.4 Å². The highest BCUT2D eigenvalue weighted by Crippen LogP contribution is 2.37. The summed E-state index contributed by atoms with van der Waals surface area (Å²) in [5, 5.41) is 7.46. The molecule has 4 rings (SSSR count). The van der Waals surface area contributed by atoms with Gasteiger partial charge in [-0.3, -0.25) is 24.8 Å². The van der Waals surface area contributed by atoms with E-state index in [4.69, 9.17) is 0 Å². The van der Waals surface area contributed by atoms with Crippen LogP contribution in [0.15, 0.2) is 23.1 Å². The number of carbonyl (C=O) groups excluding carboxylic acids is 1. The smallest absolute Gasteiger partial charge is 0.254 e. The van der Waals surface area contributed by atoms with Gasteiger partial charge in [0.2, 0.25) is 5.91 Å². The van der Waals surface area contributed by atoms with Crippen LogP contribution in [0.4, 0.5) is 0 Å². The first kappa shape index (κ1) is 20.0. The second-order valence-corrected chi connectivity index (χ2v) is 8.90. The van der Waals surface area contributed by atoms with E-state index in [-0.39, 0.29) is 29.5 Å². The van der Waals surface area contributed by atoms with E-state index in [1.807, 2.05) is 39.3 Å². The van der Waals surface area contributed by atoms with Crippen molar-refractivity contribution in [3.8, 4) is 0 Å². The quantitative estimate of drug-likeness (QED) is 0.820. The van der Waals surface area contributed by atoms with Crippen molar-refractivity contribution in [3.63, 3.8) is 0 Å². The lowest BCUT2D eigenvalue weighted by Gasteiger charge is -2.35. The Labute approximate surface area is 171 Å². The maximum Gasteiger partial charge on any atom is 0.254 e. The standard InChI is InChI=1S/C22H31N5O2/c1-13-5-6-16(25-21(28)19-11-26(3)12-24-19)9-17(13)18-8-15-10-23-14(2)7-20(15)27(4)22(18)29/h7-8,10,13,16-17,19,24H,5-6,9,11-12H2,1-4H3,(H,25,28). The van der Waals surface area contributed by atoms with Crippen molar-refractivity contribution in [2.24, 2.45) is 13.0 Å². The van der Waals surface area contributed by atoms with E-state index in [0.29, 0.717) is 5.92 Å². The van der Waals surface area contributed by atoms with Crippen LogP contribution in [0, 0.1) is 12.8 Å². The van der Waals surface area contributed by atoms with E-state index >= 15 is 0 Å². The van der Waals surface area contributed by atoms with Gasteiger partial charge in [-0.15, -0.1) is 0 Å². The Hall–Kier alpha value is -2.25. The lowest BCUT2D eigenvalue weighted by atomic mass is 9.74. The molecule has 1 saturated heterocycles. The second kappa shape index (κ2) is 7.88. The Morgan fingerprint density at radius 2 is 2.07 bits per heavy atom. The average molecular weight is 398 g/mol. The molecule has 156 valence electrons. The van der Waals surface area contributed by atoms with E-state index < -0.39 is 0 Å². The molecule has 0 spiro atoms. The number of hydrogen-bond donors (Lipinski definition) is 2. The summed E-state index contributed by atoms with van der Waals surface area (Å²) in [6.07, 6.45) is 4.61. The third-order valence-electron chi connectivity index (χ3n) is 6.63. The number of hydrogen-bond acceptors (Lipinski definition) is 5. The summed E-state index contributed by atoms with van der Waals surface area (Å²) in [5.74, 6) is 0.610. The van der Waals surface area contributed by atoms with Gasteiger partial charge in [0, 0.05) is 49.1 Å². The molecular formula is C22H31N5O2. The minimum absolute atomic E-state index is 0.0611. The number of amides is 1. The van der Waals surface area contributed by atoms with Crippen LogP contribution in [0.5, 0.6) is 0 Å². The van der Waals surface area contributed by atoms with Gasteiger partial charge in [-0.2, -0.15) is 0 Å². The van der Waals surface area contributed by atoms with Crippen LogP contribution in [0.25, 0.3) is 10.9 Å². The van der Waals surface area contributed by atoms with Gasteiger partial charge in [-0.25, -0.2) is 0 Å². The van der Waals surface area contributed by atoms with Crippen molar-refractivity contribution in [3.05, 3.63) is 39.9 Å². The predicted molar refractivity (Wildman–Crippen MR) is 114 cm³/mol. The molecule has 1 amide bonds. The zero-order chi connectivity index (χ0) is 20.7. The fourth-order valence-corrected chi connectivity index (χ4v) is 4.83. The third kappa shape index (κ3) is 3.94. The largest absolute Gasteiger partial charge is 0.352 e. The minimum Gasteiger partial charge on any atom is -0.352 e. The van der Waals surface area contributed by atoms with Crippen molar-refractivity contribution in [2.45, 2.75) is 51.1 Å². The first-order valence-corrected chi connectivity index (χ1v) is 10.5. The summed E-state index contributed by atoms with van der Waals surface area (Å²) >= 11 is 0. The molecule has 29 heavy (non-hydrogen) atoms. The van der Waals surface area contributed by atoms with Crippen LogP contribution >= 0.6 is 0 Å². The average Bonchev–Trinajstić information content (AvgIpc) is 3.13. The van der Waals surface area contributed by atoms with Gasteiger partial charge in [-0.1, -0.05) is 6.92 Å². The van der Waals surface area contributed by atoms with Gasteiger partial charge in [0.05, 0.1) is 5.52 Å². The highest BCUT2D eigenvalue weighted by Gasteiger charge is 2.34. The molecule has 1 aliphatic carbocycles. The zero-order valence-corrected chi connectivity index (χ0v) is 17.7. The molecule has 1 aliphatic heterocycles. The molecule has 4 unspecified atom stereocenters. The predicted octanol–water partition coefficient (Wildman–Crippen LogP) is 1.49.